The van der Waals surface area contributed by atoms with Crippen LogP contribution in [-0.4, -0.2) is 36.1 Å². The van der Waals surface area contributed by atoms with Crippen LogP contribution in [0.4, 0.5) is 0 Å². The maximum atomic E-state index is 12.7. The van der Waals surface area contributed by atoms with Gasteiger partial charge in [-0.2, -0.15) is 4.31 Å². The van der Waals surface area contributed by atoms with E-state index in [9.17, 15) is 8.42 Å². The first-order valence-electron chi connectivity index (χ1n) is 6.28. The van der Waals surface area contributed by atoms with Crippen LogP contribution >= 0.6 is 15.9 Å². The van der Waals surface area contributed by atoms with E-state index in [1.165, 1.54) is 4.31 Å². The van der Waals surface area contributed by atoms with Crippen LogP contribution in [0.3, 0.4) is 0 Å². The highest BCUT2D eigenvalue weighted by Crippen LogP contribution is 2.27. The standard InChI is InChI=1S/C14H17BrN2O2S/c1-10-6-7-13(12-5-4-8-16-14(10)12)20(18,19)17(3)11(2)9-15/h4-8,11H,9H2,1-3H3. The predicted molar refractivity (Wildman–Crippen MR) is 84.7 cm³/mol. The van der Waals surface area contributed by atoms with Crippen molar-refractivity contribution in [1.82, 2.24) is 9.29 Å². The number of sulfonamides is 1. The summed E-state index contributed by atoms with van der Waals surface area (Å²) < 4.78 is 26.9. The minimum Gasteiger partial charge on any atom is -0.256 e. The minimum atomic E-state index is -3.53. The van der Waals surface area contributed by atoms with Gasteiger partial charge < -0.3 is 0 Å². The Labute approximate surface area is 128 Å². The summed E-state index contributed by atoms with van der Waals surface area (Å²) >= 11 is 3.32. The van der Waals surface area contributed by atoms with Gasteiger partial charge in [0.15, 0.2) is 0 Å². The zero-order valence-corrected chi connectivity index (χ0v) is 14.1. The molecule has 1 unspecified atom stereocenters. The number of alkyl halides is 1. The molecule has 0 amide bonds. The molecule has 2 aromatic rings. The fraction of sp³-hybridized carbons (Fsp3) is 0.357. The number of hydrogen-bond acceptors (Lipinski definition) is 3. The van der Waals surface area contributed by atoms with Crippen LogP contribution in [0.25, 0.3) is 10.9 Å². The first-order chi connectivity index (χ1) is 9.39. The number of nitrogens with zero attached hydrogens (tertiary/aromatic N) is 2. The normalized spacial score (nSPS) is 13.8. The lowest BCUT2D eigenvalue weighted by Gasteiger charge is -2.23. The van der Waals surface area contributed by atoms with E-state index < -0.39 is 10.0 Å². The van der Waals surface area contributed by atoms with Gasteiger partial charge in [0.2, 0.25) is 10.0 Å². The monoisotopic (exact) mass is 356 g/mol. The maximum Gasteiger partial charge on any atom is 0.243 e. The van der Waals surface area contributed by atoms with E-state index in [2.05, 4.69) is 20.9 Å². The van der Waals surface area contributed by atoms with E-state index in [0.29, 0.717) is 15.6 Å². The smallest absolute Gasteiger partial charge is 0.243 e. The highest BCUT2D eigenvalue weighted by molar-refractivity contribution is 9.09. The number of hydrogen-bond donors (Lipinski definition) is 0. The lowest BCUT2D eigenvalue weighted by molar-refractivity contribution is 0.417. The van der Waals surface area contributed by atoms with E-state index in [0.717, 1.165) is 11.1 Å². The summed E-state index contributed by atoms with van der Waals surface area (Å²) in [6.07, 6.45) is 1.68. The van der Waals surface area contributed by atoms with Crippen molar-refractivity contribution in [2.24, 2.45) is 0 Å². The maximum absolute atomic E-state index is 12.7. The van der Waals surface area contributed by atoms with Crippen molar-refractivity contribution < 1.29 is 8.42 Å². The molecule has 0 aliphatic carbocycles. The molecule has 108 valence electrons. The van der Waals surface area contributed by atoms with E-state index in [4.69, 9.17) is 0 Å². The number of aromatic nitrogens is 1. The number of rotatable bonds is 4. The molecular formula is C14H17BrN2O2S. The van der Waals surface area contributed by atoms with Gasteiger partial charge in [0.25, 0.3) is 0 Å². The molecule has 0 aliphatic rings. The number of fused-ring (bicyclic) bond motifs is 1. The van der Waals surface area contributed by atoms with Gasteiger partial charge in [-0.15, -0.1) is 0 Å². The third-order valence-corrected chi connectivity index (χ3v) is 6.40. The molecule has 0 N–H and O–H groups in total. The zero-order chi connectivity index (χ0) is 14.9. The van der Waals surface area contributed by atoms with Crippen LogP contribution in [0.5, 0.6) is 0 Å². The van der Waals surface area contributed by atoms with Gasteiger partial charge >= 0.3 is 0 Å². The Bertz CT molecular complexity index is 731. The average Bonchev–Trinajstić information content (AvgIpc) is 2.46. The minimum absolute atomic E-state index is 0.118. The van der Waals surface area contributed by atoms with Gasteiger partial charge in [0.1, 0.15) is 0 Å². The summed E-state index contributed by atoms with van der Waals surface area (Å²) in [7, 11) is -1.93. The summed E-state index contributed by atoms with van der Waals surface area (Å²) in [4.78, 5) is 4.59. The first kappa shape index (κ1) is 15.4. The van der Waals surface area contributed by atoms with Crippen molar-refractivity contribution in [2.75, 3.05) is 12.4 Å². The van der Waals surface area contributed by atoms with Crippen LogP contribution in [0.2, 0.25) is 0 Å². The van der Waals surface area contributed by atoms with Gasteiger partial charge in [-0.3, -0.25) is 4.98 Å². The van der Waals surface area contributed by atoms with E-state index in [1.807, 2.05) is 13.8 Å². The molecule has 2 rings (SSSR count). The third kappa shape index (κ3) is 2.60. The second-order valence-electron chi connectivity index (χ2n) is 4.80. The molecule has 0 fully saturated rings. The molecule has 1 aromatic carbocycles. The molecule has 6 heteroatoms. The molecule has 0 spiro atoms. The molecule has 0 aliphatic heterocycles. The first-order valence-corrected chi connectivity index (χ1v) is 8.84. The van der Waals surface area contributed by atoms with E-state index >= 15 is 0 Å². The van der Waals surface area contributed by atoms with E-state index in [1.54, 1.807) is 37.5 Å². The summed E-state index contributed by atoms with van der Waals surface area (Å²) in [5.41, 5.74) is 1.70. The molecule has 20 heavy (non-hydrogen) atoms. The van der Waals surface area contributed by atoms with Crippen LogP contribution < -0.4 is 0 Å². The molecule has 4 nitrogen and oxygen atoms in total. The van der Waals surface area contributed by atoms with Crippen LogP contribution in [-0.2, 0) is 10.0 Å². The predicted octanol–water partition coefficient (Wildman–Crippen LogP) is 2.95. The fourth-order valence-electron chi connectivity index (χ4n) is 2.00. The Morgan fingerprint density at radius 1 is 1.35 bits per heavy atom. The van der Waals surface area contributed by atoms with Crippen molar-refractivity contribution >= 4 is 36.9 Å². The van der Waals surface area contributed by atoms with Gasteiger partial charge in [-0.25, -0.2) is 8.42 Å². The number of benzene rings is 1. The van der Waals surface area contributed by atoms with Gasteiger partial charge in [0, 0.05) is 30.0 Å². The fourth-order valence-corrected chi connectivity index (χ4v) is 4.17. The van der Waals surface area contributed by atoms with Crippen LogP contribution in [0.15, 0.2) is 35.4 Å². The largest absolute Gasteiger partial charge is 0.256 e. The number of aryl methyl sites for hydroxylation is 1. The Kier molecular flexibility index (Phi) is 4.46. The van der Waals surface area contributed by atoms with Crippen LogP contribution in [0, 0.1) is 6.92 Å². The SMILES string of the molecule is Cc1ccc(S(=O)(=O)N(C)C(C)CBr)c2cccnc12. The van der Waals surface area contributed by atoms with E-state index in [-0.39, 0.29) is 6.04 Å². The summed E-state index contributed by atoms with van der Waals surface area (Å²) in [5.74, 6) is 0. The average molecular weight is 357 g/mol. The van der Waals surface area contributed by atoms with Crippen LogP contribution in [0.1, 0.15) is 12.5 Å². The third-order valence-electron chi connectivity index (χ3n) is 3.43. The molecular weight excluding hydrogens is 340 g/mol. The summed E-state index contributed by atoms with van der Waals surface area (Å²) in [5, 5.41) is 1.26. The van der Waals surface area contributed by atoms with Crippen molar-refractivity contribution in [3.8, 4) is 0 Å². The molecule has 1 atom stereocenters. The Hall–Kier alpha value is -0.980. The van der Waals surface area contributed by atoms with Crippen molar-refractivity contribution in [2.45, 2.75) is 24.8 Å². The molecule has 0 radical (unpaired) electrons. The highest BCUT2D eigenvalue weighted by Gasteiger charge is 2.26. The second-order valence-corrected chi connectivity index (χ2v) is 7.42. The molecule has 1 aromatic heterocycles. The Morgan fingerprint density at radius 2 is 2.05 bits per heavy atom. The Morgan fingerprint density at radius 3 is 2.70 bits per heavy atom. The molecule has 1 heterocycles. The zero-order valence-electron chi connectivity index (χ0n) is 11.7. The number of halogens is 1. The van der Waals surface area contributed by atoms with Gasteiger partial charge in [-0.05, 0) is 37.6 Å². The molecule has 0 saturated carbocycles. The van der Waals surface area contributed by atoms with Crippen molar-refractivity contribution in [3.63, 3.8) is 0 Å². The summed E-state index contributed by atoms with van der Waals surface area (Å²) in [6, 6.07) is 6.90. The second kappa shape index (κ2) is 5.79. The lowest BCUT2D eigenvalue weighted by Crippen LogP contribution is -2.36. The topological polar surface area (TPSA) is 50.3 Å². The Balaban J connectivity index is 2.67. The highest BCUT2D eigenvalue weighted by atomic mass is 79.9. The summed E-state index contributed by atoms with van der Waals surface area (Å²) in [6.45, 7) is 3.79. The van der Waals surface area contributed by atoms with Crippen molar-refractivity contribution in [3.05, 3.63) is 36.0 Å². The molecule has 0 saturated heterocycles. The van der Waals surface area contributed by atoms with Crippen molar-refractivity contribution in [1.29, 1.82) is 0 Å². The van der Waals surface area contributed by atoms with Gasteiger partial charge in [0.05, 0.1) is 10.4 Å². The number of pyridine rings is 1. The molecule has 0 bridgehead atoms. The lowest BCUT2D eigenvalue weighted by atomic mass is 10.1. The van der Waals surface area contributed by atoms with Gasteiger partial charge in [-0.1, -0.05) is 22.0 Å². The quantitative estimate of drug-likeness (QED) is 0.791.